The number of aromatic hydroxyl groups is 1. The summed E-state index contributed by atoms with van der Waals surface area (Å²) in [5, 5.41) is 15.4. The van der Waals surface area contributed by atoms with Crippen LogP contribution in [0.5, 0.6) is 5.75 Å². The molecule has 3 nitrogen and oxygen atoms in total. The highest BCUT2D eigenvalue weighted by Gasteiger charge is 2.05. The molecule has 0 saturated carbocycles. The van der Waals surface area contributed by atoms with Crippen LogP contribution in [0.3, 0.4) is 0 Å². The van der Waals surface area contributed by atoms with Gasteiger partial charge < -0.3 is 5.11 Å². The van der Waals surface area contributed by atoms with Gasteiger partial charge in [-0.05, 0) is 30.3 Å². The van der Waals surface area contributed by atoms with Crippen molar-refractivity contribution in [2.75, 3.05) is 0 Å². The lowest BCUT2D eigenvalue weighted by Gasteiger charge is -2.04. The molecular weight excluding hydrogens is 236 g/mol. The minimum atomic E-state index is 0.223. The van der Waals surface area contributed by atoms with Gasteiger partial charge in [0.1, 0.15) is 5.75 Å². The monoisotopic (exact) mass is 244 g/mol. The highest BCUT2D eigenvalue weighted by Crippen LogP contribution is 2.23. The van der Waals surface area contributed by atoms with E-state index >= 15 is 0 Å². The first-order valence-electron chi connectivity index (χ1n) is 5.17. The Morgan fingerprint density at radius 3 is 2.82 bits per heavy atom. The number of phenols is 1. The van der Waals surface area contributed by atoms with Crippen LogP contribution in [0.1, 0.15) is 0 Å². The van der Waals surface area contributed by atoms with E-state index in [0.29, 0.717) is 5.02 Å². The smallest absolute Gasteiger partial charge is 0.117 e. The predicted molar refractivity (Wildman–Crippen MR) is 67.7 cm³/mol. The maximum absolute atomic E-state index is 9.51. The average molecular weight is 245 g/mol. The molecule has 4 heteroatoms. The van der Waals surface area contributed by atoms with Gasteiger partial charge in [-0.2, -0.15) is 5.10 Å². The Balaban J connectivity index is 2.27. The first-order valence-corrected chi connectivity index (χ1v) is 5.54. The highest BCUT2D eigenvalue weighted by atomic mass is 35.5. The molecule has 84 valence electrons. The third-order valence-electron chi connectivity index (χ3n) is 2.61. The summed E-state index contributed by atoms with van der Waals surface area (Å²) in [6, 6.07) is 12.6. The number of hydrogen-bond donors (Lipinski definition) is 1. The molecule has 0 atom stereocenters. The molecule has 0 amide bonds. The zero-order chi connectivity index (χ0) is 11.8. The van der Waals surface area contributed by atoms with Gasteiger partial charge in [0.25, 0.3) is 0 Å². The van der Waals surface area contributed by atoms with Crippen molar-refractivity contribution >= 4 is 22.5 Å². The minimum Gasteiger partial charge on any atom is -0.508 e. The van der Waals surface area contributed by atoms with E-state index in [0.717, 1.165) is 16.6 Å². The molecule has 2 aromatic carbocycles. The van der Waals surface area contributed by atoms with Crippen molar-refractivity contribution < 1.29 is 5.11 Å². The Morgan fingerprint density at radius 2 is 2.00 bits per heavy atom. The summed E-state index contributed by atoms with van der Waals surface area (Å²) in [4.78, 5) is 0. The lowest BCUT2D eigenvalue weighted by atomic mass is 10.2. The van der Waals surface area contributed by atoms with Crippen LogP contribution in [-0.4, -0.2) is 14.9 Å². The predicted octanol–water partition coefficient (Wildman–Crippen LogP) is 3.38. The van der Waals surface area contributed by atoms with Crippen molar-refractivity contribution in [1.29, 1.82) is 0 Å². The second-order valence-corrected chi connectivity index (χ2v) is 4.22. The highest BCUT2D eigenvalue weighted by molar-refractivity contribution is 6.30. The number of rotatable bonds is 1. The van der Waals surface area contributed by atoms with E-state index in [4.69, 9.17) is 11.6 Å². The zero-order valence-corrected chi connectivity index (χ0v) is 9.59. The largest absolute Gasteiger partial charge is 0.508 e. The van der Waals surface area contributed by atoms with Crippen molar-refractivity contribution in [3.05, 3.63) is 53.7 Å². The van der Waals surface area contributed by atoms with E-state index in [1.165, 1.54) is 0 Å². The van der Waals surface area contributed by atoms with E-state index in [-0.39, 0.29) is 5.75 Å². The Kier molecular flexibility index (Phi) is 2.27. The van der Waals surface area contributed by atoms with Gasteiger partial charge >= 0.3 is 0 Å². The fraction of sp³-hybridized carbons (Fsp3) is 0. The maximum Gasteiger partial charge on any atom is 0.117 e. The second kappa shape index (κ2) is 3.79. The van der Waals surface area contributed by atoms with E-state index in [2.05, 4.69) is 5.10 Å². The van der Waals surface area contributed by atoms with Crippen molar-refractivity contribution in [3.8, 4) is 11.4 Å². The molecule has 1 aromatic heterocycles. The number of hydrogen-bond acceptors (Lipinski definition) is 2. The Hall–Kier alpha value is -2.00. The normalized spacial score (nSPS) is 10.9. The molecule has 17 heavy (non-hydrogen) atoms. The van der Waals surface area contributed by atoms with Crippen LogP contribution in [0.15, 0.2) is 48.7 Å². The molecule has 0 spiro atoms. The molecule has 0 aliphatic heterocycles. The first kappa shape index (κ1) is 10.2. The molecule has 0 aliphatic rings. The number of fused-ring (bicyclic) bond motifs is 1. The van der Waals surface area contributed by atoms with Crippen molar-refractivity contribution in [1.82, 2.24) is 9.78 Å². The minimum absolute atomic E-state index is 0.223. The molecule has 0 radical (unpaired) electrons. The Bertz CT molecular complexity index is 691. The second-order valence-electron chi connectivity index (χ2n) is 3.78. The molecule has 1 heterocycles. The average Bonchev–Trinajstić information content (AvgIpc) is 2.71. The molecule has 0 aliphatic carbocycles. The van der Waals surface area contributed by atoms with Crippen LogP contribution in [-0.2, 0) is 0 Å². The number of benzene rings is 2. The quantitative estimate of drug-likeness (QED) is 0.713. The molecule has 0 bridgehead atoms. The lowest BCUT2D eigenvalue weighted by molar-refractivity contribution is 0.476. The molecule has 0 unspecified atom stereocenters. The van der Waals surface area contributed by atoms with E-state index in [1.807, 2.05) is 30.3 Å². The van der Waals surface area contributed by atoms with Gasteiger partial charge in [0.2, 0.25) is 0 Å². The van der Waals surface area contributed by atoms with Gasteiger partial charge in [0.15, 0.2) is 0 Å². The van der Waals surface area contributed by atoms with Gasteiger partial charge in [0, 0.05) is 16.5 Å². The Labute approximate surface area is 103 Å². The Morgan fingerprint density at radius 1 is 1.12 bits per heavy atom. The summed E-state index contributed by atoms with van der Waals surface area (Å²) in [5.74, 6) is 0.223. The molecular formula is C13H9ClN2O. The number of phenolic OH excluding ortho intramolecular Hbond substituents is 1. The SMILES string of the molecule is Oc1ccc2cnn(-c3cccc(Cl)c3)c2c1. The summed E-state index contributed by atoms with van der Waals surface area (Å²) in [7, 11) is 0. The standard InChI is InChI=1S/C13H9ClN2O/c14-10-2-1-3-11(6-10)16-13-7-12(17)5-4-9(13)8-15-16/h1-8,17H. The van der Waals surface area contributed by atoms with Crippen LogP contribution in [0.4, 0.5) is 0 Å². The number of nitrogens with zero attached hydrogens (tertiary/aromatic N) is 2. The fourth-order valence-corrected chi connectivity index (χ4v) is 2.00. The number of halogens is 1. The van der Waals surface area contributed by atoms with Crippen molar-refractivity contribution in [2.24, 2.45) is 0 Å². The third-order valence-corrected chi connectivity index (χ3v) is 2.84. The number of aromatic nitrogens is 2. The summed E-state index contributed by atoms with van der Waals surface area (Å²) >= 11 is 5.95. The third kappa shape index (κ3) is 1.74. The van der Waals surface area contributed by atoms with Crippen LogP contribution >= 0.6 is 11.6 Å². The summed E-state index contributed by atoms with van der Waals surface area (Å²) < 4.78 is 1.75. The van der Waals surface area contributed by atoms with Crippen molar-refractivity contribution in [2.45, 2.75) is 0 Å². The van der Waals surface area contributed by atoms with Gasteiger partial charge in [-0.1, -0.05) is 17.7 Å². The summed E-state index contributed by atoms with van der Waals surface area (Å²) in [5.41, 5.74) is 1.73. The van der Waals surface area contributed by atoms with Crippen LogP contribution in [0.25, 0.3) is 16.6 Å². The van der Waals surface area contributed by atoms with Gasteiger partial charge in [0.05, 0.1) is 17.4 Å². The van der Waals surface area contributed by atoms with Gasteiger partial charge in [-0.25, -0.2) is 4.68 Å². The van der Waals surface area contributed by atoms with Crippen molar-refractivity contribution in [3.63, 3.8) is 0 Å². The topological polar surface area (TPSA) is 38.1 Å². The molecule has 3 aromatic rings. The fourth-order valence-electron chi connectivity index (χ4n) is 1.82. The molecule has 3 rings (SSSR count). The van der Waals surface area contributed by atoms with Crippen LogP contribution < -0.4 is 0 Å². The summed E-state index contributed by atoms with van der Waals surface area (Å²) in [6.07, 6.45) is 1.76. The van der Waals surface area contributed by atoms with Crippen LogP contribution in [0.2, 0.25) is 5.02 Å². The van der Waals surface area contributed by atoms with E-state index in [1.54, 1.807) is 23.0 Å². The zero-order valence-electron chi connectivity index (χ0n) is 8.84. The van der Waals surface area contributed by atoms with Gasteiger partial charge in [-0.3, -0.25) is 0 Å². The molecule has 1 N–H and O–H groups in total. The lowest BCUT2D eigenvalue weighted by Crippen LogP contribution is -1.95. The van der Waals surface area contributed by atoms with Crippen LogP contribution in [0, 0.1) is 0 Å². The van der Waals surface area contributed by atoms with E-state index in [9.17, 15) is 5.11 Å². The first-order chi connectivity index (χ1) is 8.24. The molecule has 0 fully saturated rings. The molecule has 0 saturated heterocycles. The van der Waals surface area contributed by atoms with E-state index < -0.39 is 0 Å². The maximum atomic E-state index is 9.51. The van der Waals surface area contributed by atoms with Gasteiger partial charge in [-0.15, -0.1) is 0 Å². The summed E-state index contributed by atoms with van der Waals surface area (Å²) in [6.45, 7) is 0.